The Balaban J connectivity index is 2.46. The van der Waals surface area contributed by atoms with Crippen LogP contribution in [0, 0.1) is 0 Å². The molecule has 0 spiro atoms. The lowest BCUT2D eigenvalue weighted by Gasteiger charge is -2.27. The van der Waals surface area contributed by atoms with Crippen LogP contribution in [-0.2, 0) is 4.79 Å². The van der Waals surface area contributed by atoms with Gasteiger partial charge >= 0.3 is 6.03 Å². The number of nitrogens with one attached hydrogen (secondary N) is 2. The van der Waals surface area contributed by atoms with E-state index in [0.29, 0.717) is 16.3 Å². The van der Waals surface area contributed by atoms with E-state index >= 15 is 0 Å². The minimum atomic E-state index is -0.569. The van der Waals surface area contributed by atoms with Crippen molar-refractivity contribution in [2.24, 2.45) is 5.73 Å². The Kier molecular flexibility index (Phi) is 3.25. The minimum Gasteiger partial charge on any atom is -0.366 e. The fourth-order valence-electron chi connectivity index (χ4n) is 1.93. The molecule has 5 nitrogen and oxygen atoms in total. The minimum absolute atomic E-state index is 0.344. The average molecular weight is 266 g/mol. The fraction of sp³-hybridized carbons (Fsp3) is 0.167. The number of carbonyl (C=O) groups excluding carboxylic acids is 2. The van der Waals surface area contributed by atoms with E-state index in [4.69, 9.17) is 17.3 Å². The summed E-state index contributed by atoms with van der Waals surface area (Å²) in [5, 5.41) is 5.77. The zero-order chi connectivity index (χ0) is 13.3. The number of urea groups is 1. The van der Waals surface area contributed by atoms with Gasteiger partial charge in [0.2, 0.25) is 5.91 Å². The second-order valence-electron chi connectivity index (χ2n) is 3.99. The summed E-state index contributed by atoms with van der Waals surface area (Å²) in [6, 6.07) is 5.97. The first-order chi connectivity index (χ1) is 8.49. The van der Waals surface area contributed by atoms with Crippen LogP contribution in [0.15, 0.2) is 35.5 Å². The van der Waals surface area contributed by atoms with E-state index in [1.807, 2.05) is 0 Å². The average Bonchev–Trinajstić information content (AvgIpc) is 2.28. The van der Waals surface area contributed by atoms with Crippen molar-refractivity contribution in [1.82, 2.24) is 10.6 Å². The van der Waals surface area contributed by atoms with Gasteiger partial charge in [0, 0.05) is 10.7 Å². The lowest BCUT2D eigenvalue weighted by molar-refractivity contribution is -0.115. The second-order valence-corrected chi connectivity index (χ2v) is 4.42. The van der Waals surface area contributed by atoms with Crippen LogP contribution >= 0.6 is 11.6 Å². The van der Waals surface area contributed by atoms with Crippen LogP contribution in [0.2, 0.25) is 5.02 Å². The van der Waals surface area contributed by atoms with Gasteiger partial charge in [0.05, 0.1) is 11.6 Å². The molecule has 0 fully saturated rings. The molecule has 1 heterocycles. The Bertz CT molecular complexity index is 537. The van der Waals surface area contributed by atoms with E-state index in [2.05, 4.69) is 10.6 Å². The highest BCUT2D eigenvalue weighted by Gasteiger charge is 2.29. The zero-order valence-corrected chi connectivity index (χ0v) is 10.4. The fourth-order valence-corrected chi connectivity index (χ4v) is 2.05. The topological polar surface area (TPSA) is 84.2 Å². The van der Waals surface area contributed by atoms with E-state index in [1.54, 1.807) is 31.2 Å². The van der Waals surface area contributed by atoms with Crippen molar-refractivity contribution in [3.05, 3.63) is 46.1 Å². The molecule has 6 heteroatoms. The highest BCUT2D eigenvalue weighted by molar-refractivity contribution is 6.30. The maximum Gasteiger partial charge on any atom is 0.319 e. The van der Waals surface area contributed by atoms with E-state index in [9.17, 15) is 9.59 Å². The summed E-state index contributed by atoms with van der Waals surface area (Å²) in [5.74, 6) is -0.569. The summed E-state index contributed by atoms with van der Waals surface area (Å²) in [6.07, 6.45) is 0. The molecule has 0 radical (unpaired) electrons. The third-order valence-corrected chi connectivity index (χ3v) is 2.99. The van der Waals surface area contributed by atoms with Crippen LogP contribution in [0.3, 0.4) is 0 Å². The van der Waals surface area contributed by atoms with Gasteiger partial charge in [-0.1, -0.05) is 23.7 Å². The summed E-state index contributed by atoms with van der Waals surface area (Å²) in [5.41, 5.74) is 6.91. The molecule has 3 amide bonds. The molecule has 1 aliphatic rings. The number of halogens is 1. The van der Waals surface area contributed by atoms with Crippen molar-refractivity contribution >= 4 is 23.5 Å². The number of allylic oxidation sites excluding steroid dienone is 1. The van der Waals surface area contributed by atoms with Gasteiger partial charge < -0.3 is 16.4 Å². The molecule has 0 aliphatic carbocycles. The van der Waals surface area contributed by atoms with E-state index in [-0.39, 0.29) is 6.03 Å². The molecule has 94 valence electrons. The zero-order valence-electron chi connectivity index (χ0n) is 9.66. The van der Waals surface area contributed by atoms with Gasteiger partial charge in [-0.05, 0) is 24.6 Å². The van der Waals surface area contributed by atoms with Gasteiger partial charge in [-0.2, -0.15) is 0 Å². The van der Waals surface area contributed by atoms with Crippen LogP contribution in [-0.4, -0.2) is 11.9 Å². The number of amides is 3. The third kappa shape index (κ3) is 2.31. The van der Waals surface area contributed by atoms with Crippen molar-refractivity contribution in [3.8, 4) is 0 Å². The van der Waals surface area contributed by atoms with Gasteiger partial charge in [0.1, 0.15) is 0 Å². The summed E-state index contributed by atoms with van der Waals surface area (Å²) in [4.78, 5) is 22.9. The largest absolute Gasteiger partial charge is 0.366 e. The summed E-state index contributed by atoms with van der Waals surface area (Å²) in [6.45, 7) is 1.64. The van der Waals surface area contributed by atoms with Crippen molar-refractivity contribution < 1.29 is 9.59 Å². The van der Waals surface area contributed by atoms with E-state index < -0.39 is 11.9 Å². The maximum absolute atomic E-state index is 11.5. The van der Waals surface area contributed by atoms with Gasteiger partial charge in [0.15, 0.2) is 0 Å². The number of benzene rings is 1. The first-order valence-corrected chi connectivity index (χ1v) is 5.70. The van der Waals surface area contributed by atoms with Crippen LogP contribution in [0.4, 0.5) is 4.79 Å². The molecule has 1 aliphatic heterocycles. The van der Waals surface area contributed by atoms with E-state index in [0.717, 1.165) is 5.56 Å². The lowest BCUT2D eigenvalue weighted by atomic mass is 9.95. The van der Waals surface area contributed by atoms with Crippen LogP contribution in [0.5, 0.6) is 0 Å². The highest BCUT2D eigenvalue weighted by Crippen LogP contribution is 2.26. The summed E-state index contributed by atoms with van der Waals surface area (Å²) in [7, 11) is 0. The Morgan fingerprint density at radius 1 is 1.33 bits per heavy atom. The molecule has 2 rings (SSSR count). The highest BCUT2D eigenvalue weighted by atomic mass is 35.5. The lowest BCUT2D eigenvalue weighted by Crippen LogP contribution is -2.46. The molecular weight excluding hydrogens is 254 g/mol. The molecule has 0 unspecified atom stereocenters. The number of hydrogen-bond donors (Lipinski definition) is 3. The number of nitrogens with two attached hydrogens (primary N) is 1. The van der Waals surface area contributed by atoms with Crippen LogP contribution < -0.4 is 16.4 Å². The van der Waals surface area contributed by atoms with Gasteiger partial charge in [-0.3, -0.25) is 4.79 Å². The molecule has 0 saturated carbocycles. The van der Waals surface area contributed by atoms with Crippen molar-refractivity contribution in [1.29, 1.82) is 0 Å². The van der Waals surface area contributed by atoms with Crippen molar-refractivity contribution in [3.63, 3.8) is 0 Å². The summed E-state index contributed by atoms with van der Waals surface area (Å²) >= 11 is 5.80. The third-order valence-electron chi connectivity index (χ3n) is 2.74. The number of carbonyl (C=O) groups is 2. The van der Waals surface area contributed by atoms with Crippen molar-refractivity contribution in [2.45, 2.75) is 13.0 Å². The molecule has 1 aromatic carbocycles. The molecule has 1 aromatic rings. The number of hydrogen-bond acceptors (Lipinski definition) is 2. The number of primary amides is 1. The quantitative estimate of drug-likeness (QED) is 0.756. The molecular formula is C12H12ClN3O2. The standard InChI is InChI=1S/C12H12ClN3O2/c1-6-9(11(14)17)10(16-12(18)15-6)7-2-4-8(13)5-3-7/h2-5,10H,1H3,(H2,14,17)(H2,15,16,18)/t10-/m1/s1. The Morgan fingerprint density at radius 2 is 1.94 bits per heavy atom. The predicted molar refractivity (Wildman–Crippen MR) is 67.8 cm³/mol. The molecule has 0 saturated heterocycles. The van der Waals surface area contributed by atoms with Crippen molar-refractivity contribution in [2.75, 3.05) is 0 Å². The Morgan fingerprint density at radius 3 is 2.50 bits per heavy atom. The van der Waals surface area contributed by atoms with Gasteiger partial charge in [0.25, 0.3) is 0 Å². The normalized spacial score (nSPS) is 19.2. The first kappa shape index (κ1) is 12.4. The molecule has 18 heavy (non-hydrogen) atoms. The Hall–Kier alpha value is -2.01. The smallest absolute Gasteiger partial charge is 0.319 e. The molecule has 1 atom stereocenters. The van der Waals surface area contributed by atoms with Gasteiger partial charge in [-0.15, -0.1) is 0 Å². The number of rotatable bonds is 2. The monoisotopic (exact) mass is 265 g/mol. The van der Waals surface area contributed by atoms with Crippen LogP contribution in [0.25, 0.3) is 0 Å². The Labute approximate surface area is 109 Å². The SMILES string of the molecule is CC1=C(C(N)=O)[C@@H](c2ccc(Cl)cc2)NC(=O)N1. The second kappa shape index (κ2) is 4.70. The maximum atomic E-state index is 11.5. The molecule has 0 bridgehead atoms. The van der Waals surface area contributed by atoms with E-state index in [1.165, 1.54) is 0 Å². The van der Waals surface area contributed by atoms with Gasteiger partial charge in [-0.25, -0.2) is 4.79 Å². The van der Waals surface area contributed by atoms with Crippen LogP contribution in [0.1, 0.15) is 18.5 Å². The first-order valence-electron chi connectivity index (χ1n) is 5.32. The molecule has 4 N–H and O–H groups in total. The summed E-state index contributed by atoms with van der Waals surface area (Å²) < 4.78 is 0. The molecule has 0 aromatic heterocycles. The predicted octanol–water partition coefficient (Wildman–Crippen LogP) is 1.45.